The minimum atomic E-state index is 0.418. The van der Waals surface area contributed by atoms with E-state index in [-0.39, 0.29) is 0 Å². The van der Waals surface area contributed by atoms with E-state index in [0.29, 0.717) is 6.04 Å². The summed E-state index contributed by atoms with van der Waals surface area (Å²) in [7, 11) is 3.75. The zero-order valence-electron chi connectivity index (χ0n) is 13.8. The van der Waals surface area contributed by atoms with Gasteiger partial charge in [-0.25, -0.2) is 0 Å². The minimum Gasteiger partial charge on any atom is -0.497 e. The third-order valence-corrected chi connectivity index (χ3v) is 4.71. The summed E-state index contributed by atoms with van der Waals surface area (Å²) in [6, 6.07) is 6.66. The van der Waals surface area contributed by atoms with Crippen LogP contribution in [0.4, 0.5) is 0 Å². The van der Waals surface area contributed by atoms with Crippen LogP contribution in [0.25, 0.3) is 0 Å². The van der Waals surface area contributed by atoms with E-state index in [0.717, 1.165) is 10.2 Å². The molecule has 1 rings (SSSR count). The molecule has 0 fully saturated rings. The Hall–Kier alpha value is -0.540. The SMILES string of the molecule is CCCCCCCCCC(NC)c1ccc(OC)cc1Br. The highest BCUT2D eigenvalue weighted by Crippen LogP contribution is 2.30. The molecule has 0 saturated carbocycles. The van der Waals surface area contributed by atoms with Gasteiger partial charge in [0.25, 0.3) is 0 Å². The van der Waals surface area contributed by atoms with Crippen molar-refractivity contribution in [2.24, 2.45) is 0 Å². The van der Waals surface area contributed by atoms with Gasteiger partial charge in [0.2, 0.25) is 0 Å². The fraction of sp³-hybridized carbons (Fsp3) is 0.667. The molecule has 120 valence electrons. The summed E-state index contributed by atoms with van der Waals surface area (Å²) >= 11 is 3.66. The molecule has 3 heteroatoms. The summed E-state index contributed by atoms with van der Waals surface area (Å²) in [5.41, 5.74) is 1.32. The molecule has 0 saturated heterocycles. The summed E-state index contributed by atoms with van der Waals surface area (Å²) in [6.45, 7) is 2.27. The smallest absolute Gasteiger partial charge is 0.120 e. The lowest BCUT2D eigenvalue weighted by Crippen LogP contribution is -2.16. The van der Waals surface area contributed by atoms with E-state index in [1.54, 1.807) is 7.11 Å². The van der Waals surface area contributed by atoms with E-state index >= 15 is 0 Å². The summed E-state index contributed by atoms with van der Waals surface area (Å²) in [5.74, 6) is 0.899. The fourth-order valence-corrected chi connectivity index (χ4v) is 3.31. The molecular formula is C18H30BrNO. The molecule has 0 spiro atoms. The molecule has 1 N–H and O–H groups in total. The van der Waals surface area contributed by atoms with Crippen LogP contribution in [0.15, 0.2) is 22.7 Å². The van der Waals surface area contributed by atoms with Crippen molar-refractivity contribution < 1.29 is 4.74 Å². The zero-order chi connectivity index (χ0) is 15.5. The van der Waals surface area contributed by atoms with Crippen LogP contribution in [0.1, 0.15) is 69.9 Å². The van der Waals surface area contributed by atoms with Gasteiger partial charge in [-0.15, -0.1) is 0 Å². The van der Waals surface area contributed by atoms with Crippen LogP contribution in [0.3, 0.4) is 0 Å². The van der Waals surface area contributed by atoms with Gasteiger partial charge < -0.3 is 10.1 Å². The summed E-state index contributed by atoms with van der Waals surface area (Å²) < 4.78 is 6.39. The number of hydrogen-bond donors (Lipinski definition) is 1. The van der Waals surface area contributed by atoms with Crippen molar-refractivity contribution >= 4 is 15.9 Å². The predicted molar refractivity (Wildman–Crippen MR) is 95.1 cm³/mol. The Morgan fingerprint density at radius 1 is 1.10 bits per heavy atom. The van der Waals surface area contributed by atoms with Crippen molar-refractivity contribution in [3.8, 4) is 5.75 Å². The van der Waals surface area contributed by atoms with Crippen LogP contribution in [0, 0.1) is 0 Å². The number of benzene rings is 1. The summed E-state index contributed by atoms with van der Waals surface area (Å²) in [5, 5.41) is 3.44. The standard InChI is InChI=1S/C18H30BrNO/c1-4-5-6-7-8-9-10-11-18(20-2)16-13-12-15(21-3)14-17(16)19/h12-14,18,20H,4-11H2,1-3H3. The topological polar surface area (TPSA) is 21.3 Å². The number of rotatable bonds is 11. The highest BCUT2D eigenvalue weighted by Gasteiger charge is 2.12. The molecule has 1 aromatic carbocycles. The molecule has 0 aromatic heterocycles. The molecule has 1 atom stereocenters. The van der Waals surface area contributed by atoms with Crippen molar-refractivity contribution in [1.82, 2.24) is 5.32 Å². The molecule has 0 aliphatic heterocycles. The Morgan fingerprint density at radius 2 is 1.76 bits per heavy atom. The van der Waals surface area contributed by atoms with E-state index in [1.807, 2.05) is 19.2 Å². The van der Waals surface area contributed by atoms with Crippen molar-refractivity contribution in [3.05, 3.63) is 28.2 Å². The van der Waals surface area contributed by atoms with Crippen molar-refractivity contribution in [3.63, 3.8) is 0 Å². The molecule has 0 bridgehead atoms. The average molecular weight is 356 g/mol. The van der Waals surface area contributed by atoms with Gasteiger partial charge >= 0.3 is 0 Å². The van der Waals surface area contributed by atoms with Crippen LogP contribution >= 0.6 is 15.9 Å². The van der Waals surface area contributed by atoms with Gasteiger partial charge in [0.15, 0.2) is 0 Å². The van der Waals surface area contributed by atoms with Gasteiger partial charge in [-0.2, -0.15) is 0 Å². The van der Waals surface area contributed by atoms with E-state index in [4.69, 9.17) is 4.74 Å². The van der Waals surface area contributed by atoms with Gasteiger partial charge in [0.1, 0.15) is 5.75 Å². The molecule has 1 aromatic rings. The number of hydrogen-bond acceptors (Lipinski definition) is 2. The van der Waals surface area contributed by atoms with Crippen LogP contribution in [-0.2, 0) is 0 Å². The van der Waals surface area contributed by atoms with Gasteiger partial charge in [-0.05, 0) is 31.2 Å². The number of halogens is 1. The van der Waals surface area contributed by atoms with Gasteiger partial charge in [0, 0.05) is 10.5 Å². The number of nitrogens with one attached hydrogen (secondary N) is 1. The molecule has 0 aliphatic carbocycles. The zero-order valence-corrected chi connectivity index (χ0v) is 15.3. The molecule has 0 radical (unpaired) electrons. The molecule has 1 unspecified atom stereocenters. The second kappa shape index (κ2) is 11.1. The largest absolute Gasteiger partial charge is 0.497 e. The maximum Gasteiger partial charge on any atom is 0.120 e. The minimum absolute atomic E-state index is 0.418. The quantitative estimate of drug-likeness (QED) is 0.502. The summed E-state index contributed by atoms with van der Waals surface area (Å²) in [6.07, 6.45) is 10.7. The van der Waals surface area contributed by atoms with E-state index in [9.17, 15) is 0 Å². The van der Waals surface area contributed by atoms with E-state index in [1.165, 1.54) is 56.9 Å². The van der Waals surface area contributed by atoms with Crippen molar-refractivity contribution in [2.45, 2.75) is 64.3 Å². The fourth-order valence-electron chi connectivity index (χ4n) is 2.68. The van der Waals surface area contributed by atoms with Gasteiger partial charge in [-0.3, -0.25) is 0 Å². The first-order valence-corrected chi connectivity index (χ1v) is 9.03. The van der Waals surface area contributed by atoms with Crippen molar-refractivity contribution in [2.75, 3.05) is 14.2 Å². The molecule has 0 amide bonds. The third-order valence-electron chi connectivity index (χ3n) is 4.03. The first-order valence-electron chi connectivity index (χ1n) is 8.23. The Bertz CT molecular complexity index is 395. The Labute approximate surface area is 138 Å². The maximum atomic E-state index is 5.26. The van der Waals surface area contributed by atoms with Gasteiger partial charge in [-0.1, -0.05) is 73.9 Å². The average Bonchev–Trinajstić information content (AvgIpc) is 2.50. The van der Waals surface area contributed by atoms with Gasteiger partial charge in [0.05, 0.1) is 7.11 Å². The first-order chi connectivity index (χ1) is 10.2. The number of methoxy groups -OCH3 is 1. The number of ether oxygens (including phenoxy) is 1. The molecule has 21 heavy (non-hydrogen) atoms. The third kappa shape index (κ3) is 6.84. The van der Waals surface area contributed by atoms with E-state index < -0.39 is 0 Å². The lowest BCUT2D eigenvalue weighted by molar-refractivity contribution is 0.413. The second-order valence-corrected chi connectivity index (χ2v) is 6.49. The number of unbranched alkanes of at least 4 members (excludes halogenated alkanes) is 6. The van der Waals surface area contributed by atoms with Crippen LogP contribution in [-0.4, -0.2) is 14.2 Å². The summed E-state index contributed by atoms with van der Waals surface area (Å²) in [4.78, 5) is 0. The Kier molecular flexibility index (Phi) is 9.77. The van der Waals surface area contributed by atoms with E-state index in [2.05, 4.69) is 34.2 Å². The second-order valence-electron chi connectivity index (χ2n) is 5.64. The molecule has 0 heterocycles. The predicted octanol–water partition coefficient (Wildman–Crippen LogP) is 5.86. The Balaban J connectivity index is 2.37. The van der Waals surface area contributed by atoms with Crippen LogP contribution in [0.2, 0.25) is 0 Å². The molecular weight excluding hydrogens is 326 g/mol. The van der Waals surface area contributed by atoms with Crippen molar-refractivity contribution in [1.29, 1.82) is 0 Å². The Morgan fingerprint density at radius 3 is 2.33 bits per heavy atom. The molecule has 2 nitrogen and oxygen atoms in total. The van der Waals surface area contributed by atoms with Crippen LogP contribution in [0.5, 0.6) is 5.75 Å². The first kappa shape index (κ1) is 18.5. The highest BCUT2D eigenvalue weighted by atomic mass is 79.9. The maximum absolute atomic E-state index is 5.26. The molecule has 0 aliphatic rings. The lowest BCUT2D eigenvalue weighted by Gasteiger charge is -2.18. The monoisotopic (exact) mass is 355 g/mol. The van der Waals surface area contributed by atoms with Crippen LogP contribution < -0.4 is 10.1 Å². The lowest BCUT2D eigenvalue weighted by atomic mass is 9.99. The normalized spacial score (nSPS) is 12.4. The highest BCUT2D eigenvalue weighted by molar-refractivity contribution is 9.10.